The Labute approximate surface area is 238 Å². The van der Waals surface area contributed by atoms with E-state index >= 15 is 0 Å². The molecule has 1 heterocycles. The second-order valence-electron chi connectivity index (χ2n) is 10.0. The minimum Gasteiger partial charge on any atom is -0.480 e. The van der Waals surface area contributed by atoms with Crippen LogP contribution in [0.2, 0.25) is 0 Å². The van der Waals surface area contributed by atoms with Gasteiger partial charge in [-0.3, -0.25) is 4.79 Å². The monoisotopic (exact) mass is 568 g/mol. The number of carboxylic acid groups (broad SMARTS) is 1. The minimum absolute atomic E-state index is 0.0220. The third-order valence-electron chi connectivity index (χ3n) is 7.26. The Morgan fingerprint density at radius 2 is 1.07 bits per heavy atom. The molecule has 4 aromatic carbocycles. The van der Waals surface area contributed by atoms with E-state index in [0.29, 0.717) is 12.5 Å². The molecule has 204 valence electrons. The number of nitrogens with one attached hydrogen (secondary N) is 1. The minimum atomic E-state index is -1.03. The highest BCUT2D eigenvalue weighted by Gasteiger charge is 2.38. The van der Waals surface area contributed by atoms with Gasteiger partial charge in [-0.25, -0.2) is 4.79 Å². The van der Waals surface area contributed by atoms with Crippen LogP contribution in [0, 0.1) is 5.92 Å². The first kappa shape index (κ1) is 28.0. The van der Waals surface area contributed by atoms with Crippen LogP contribution in [0.15, 0.2) is 121 Å². The summed E-state index contributed by atoms with van der Waals surface area (Å²) in [6, 6.07) is 42.2. The van der Waals surface area contributed by atoms with E-state index in [-0.39, 0.29) is 18.6 Å². The summed E-state index contributed by atoms with van der Waals surface area (Å²) >= 11 is 0. The Morgan fingerprint density at radius 1 is 0.675 bits per heavy atom. The summed E-state index contributed by atoms with van der Waals surface area (Å²) in [5.41, 5.74) is 0. The zero-order chi connectivity index (χ0) is 27.7. The lowest BCUT2D eigenvalue weighted by Gasteiger charge is -2.29. The van der Waals surface area contributed by atoms with Gasteiger partial charge in [0.1, 0.15) is 6.54 Å². The van der Waals surface area contributed by atoms with Gasteiger partial charge in [-0.05, 0) is 61.7 Å². The van der Waals surface area contributed by atoms with Crippen LogP contribution in [-0.4, -0.2) is 53.5 Å². The first-order chi connectivity index (χ1) is 19.6. The molecule has 4 aromatic rings. The number of urea groups is 1. The smallest absolute Gasteiger partial charge is 0.323 e. The van der Waals surface area contributed by atoms with E-state index in [1.807, 2.05) is 17.0 Å². The van der Waals surface area contributed by atoms with Crippen molar-refractivity contribution in [2.45, 2.75) is 12.5 Å². The highest BCUT2D eigenvalue weighted by atomic mass is 31.1. The van der Waals surface area contributed by atoms with Crippen molar-refractivity contribution in [1.29, 1.82) is 0 Å². The molecule has 5 rings (SSSR count). The largest absolute Gasteiger partial charge is 0.480 e. The number of rotatable bonds is 10. The number of likely N-dealkylation sites (tertiary alicyclic amines) is 1. The van der Waals surface area contributed by atoms with E-state index in [2.05, 4.69) is 115 Å². The topological polar surface area (TPSA) is 69.6 Å². The summed E-state index contributed by atoms with van der Waals surface area (Å²) in [6.07, 6.45) is 2.73. The van der Waals surface area contributed by atoms with Crippen molar-refractivity contribution in [2.24, 2.45) is 5.92 Å². The molecule has 2 N–H and O–H groups in total. The number of hydrogen-bond donors (Lipinski definition) is 2. The van der Waals surface area contributed by atoms with Crippen LogP contribution in [0.1, 0.15) is 6.42 Å². The second kappa shape index (κ2) is 13.7. The zero-order valence-electron chi connectivity index (χ0n) is 22.3. The number of carbonyl (C=O) groups is 2. The number of hydrogen-bond acceptors (Lipinski definition) is 2. The van der Waals surface area contributed by atoms with Gasteiger partial charge in [0.05, 0.1) is 0 Å². The Bertz CT molecular complexity index is 1300. The van der Waals surface area contributed by atoms with Gasteiger partial charge in [0, 0.05) is 12.6 Å². The molecule has 0 bridgehead atoms. The molecule has 1 aliphatic rings. The maximum atomic E-state index is 13.3. The molecule has 1 aliphatic heterocycles. The third-order valence-corrected chi connectivity index (χ3v) is 12.6. The van der Waals surface area contributed by atoms with Gasteiger partial charge in [0.25, 0.3) is 0 Å². The third kappa shape index (κ3) is 7.16. The van der Waals surface area contributed by atoms with E-state index in [4.69, 9.17) is 0 Å². The maximum Gasteiger partial charge on any atom is 0.323 e. The van der Waals surface area contributed by atoms with Gasteiger partial charge >= 0.3 is 12.0 Å². The van der Waals surface area contributed by atoms with Crippen molar-refractivity contribution >= 4 is 49.1 Å². The molecular formula is C33H34N2O3P2. The summed E-state index contributed by atoms with van der Waals surface area (Å²) in [4.78, 5) is 26.5. The summed E-state index contributed by atoms with van der Waals surface area (Å²) in [5.74, 6) is -0.719. The molecule has 0 aromatic heterocycles. The highest BCUT2D eigenvalue weighted by Crippen LogP contribution is 2.43. The molecule has 5 nitrogen and oxygen atoms in total. The Morgan fingerprint density at radius 3 is 1.48 bits per heavy atom. The van der Waals surface area contributed by atoms with Crippen LogP contribution in [0.5, 0.6) is 0 Å². The molecule has 2 atom stereocenters. The number of carboxylic acids is 1. The van der Waals surface area contributed by atoms with Crippen molar-refractivity contribution < 1.29 is 14.7 Å². The zero-order valence-corrected chi connectivity index (χ0v) is 24.1. The first-order valence-electron chi connectivity index (χ1n) is 13.6. The lowest BCUT2D eigenvalue weighted by molar-refractivity contribution is -0.135. The van der Waals surface area contributed by atoms with Crippen molar-refractivity contribution in [2.75, 3.05) is 25.4 Å². The fourth-order valence-corrected chi connectivity index (χ4v) is 10.6. The number of nitrogens with zero attached hydrogens (tertiary/aromatic N) is 1. The van der Waals surface area contributed by atoms with Gasteiger partial charge in [0.2, 0.25) is 0 Å². The van der Waals surface area contributed by atoms with Crippen LogP contribution >= 0.6 is 15.8 Å². The molecular weight excluding hydrogens is 534 g/mol. The molecule has 1 fully saturated rings. The summed E-state index contributed by atoms with van der Waals surface area (Å²) in [5, 5.41) is 17.1. The number of benzene rings is 4. The highest BCUT2D eigenvalue weighted by molar-refractivity contribution is 7.73. The Kier molecular flexibility index (Phi) is 9.60. The molecule has 7 heteroatoms. The summed E-state index contributed by atoms with van der Waals surface area (Å²) in [6.45, 7) is 0.251. The van der Waals surface area contributed by atoms with E-state index in [1.54, 1.807) is 0 Å². The number of amides is 2. The molecule has 0 spiro atoms. The summed E-state index contributed by atoms with van der Waals surface area (Å²) in [7, 11) is -1.29. The average Bonchev–Trinajstić information content (AvgIpc) is 3.41. The normalized spacial score (nSPS) is 16.8. The Balaban J connectivity index is 1.43. The average molecular weight is 569 g/mol. The van der Waals surface area contributed by atoms with Gasteiger partial charge in [0.15, 0.2) is 0 Å². The quantitative estimate of drug-likeness (QED) is 0.272. The fraction of sp³-hybridized carbons (Fsp3) is 0.212. The second-order valence-corrected chi connectivity index (χ2v) is 14.5. The molecule has 0 radical (unpaired) electrons. The van der Waals surface area contributed by atoms with Crippen LogP contribution in [0.4, 0.5) is 4.79 Å². The predicted molar refractivity (Wildman–Crippen MR) is 168 cm³/mol. The van der Waals surface area contributed by atoms with Gasteiger partial charge in [-0.15, -0.1) is 0 Å². The van der Waals surface area contributed by atoms with E-state index in [9.17, 15) is 14.7 Å². The van der Waals surface area contributed by atoms with Crippen LogP contribution in [0.3, 0.4) is 0 Å². The van der Waals surface area contributed by atoms with E-state index in [0.717, 1.165) is 18.7 Å². The van der Waals surface area contributed by atoms with Crippen LogP contribution < -0.4 is 26.5 Å². The molecule has 40 heavy (non-hydrogen) atoms. The van der Waals surface area contributed by atoms with Gasteiger partial charge < -0.3 is 15.3 Å². The standard InChI is InChI=1S/C33H34N2O3P2/c36-32(37)22-34-33(38)35-23-26(24-39(28-13-5-1-6-14-28)29-15-7-2-8-16-29)21-27(35)25-40(30-17-9-3-10-18-30)31-19-11-4-12-20-31/h1-20,26-27H,21-25H2,(H,34,38)(H,36,37)/t26-,27-/m1/s1. The molecule has 0 unspecified atom stereocenters. The lowest BCUT2D eigenvalue weighted by Crippen LogP contribution is -2.46. The van der Waals surface area contributed by atoms with Crippen molar-refractivity contribution in [3.8, 4) is 0 Å². The van der Waals surface area contributed by atoms with Crippen LogP contribution in [0.25, 0.3) is 0 Å². The lowest BCUT2D eigenvalue weighted by atomic mass is 10.1. The van der Waals surface area contributed by atoms with Crippen molar-refractivity contribution in [1.82, 2.24) is 10.2 Å². The summed E-state index contributed by atoms with van der Waals surface area (Å²) < 4.78 is 0. The van der Waals surface area contributed by atoms with Crippen molar-refractivity contribution in [3.05, 3.63) is 121 Å². The fourth-order valence-electron chi connectivity index (χ4n) is 5.44. The van der Waals surface area contributed by atoms with Crippen molar-refractivity contribution in [3.63, 3.8) is 0 Å². The molecule has 0 aliphatic carbocycles. The maximum absolute atomic E-state index is 13.3. The molecule has 2 amide bonds. The number of carbonyl (C=O) groups excluding carboxylic acids is 1. The molecule has 0 saturated carbocycles. The van der Waals surface area contributed by atoms with Crippen LogP contribution in [-0.2, 0) is 4.79 Å². The molecule has 1 saturated heterocycles. The van der Waals surface area contributed by atoms with Gasteiger partial charge in [-0.1, -0.05) is 121 Å². The van der Waals surface area contributed by atoms with E-state index < -0.39 is 21.8 Å². The predicted octanol–water partition coefficient (Wildman–Crippen LogP) is 4.74. The SMILES string of the molecule is O=C(O)CNC(=O)N1C[C@H](CP(c2ccccc2)c2ccccc2)C[C@@H]1CP(c1ccccc1)c1ccccc1. The number of aliphatic carboxylic acids is 1. The first-order valence-corrected chi connectivity index (χ1v) is 16.7. The van der Waals surface area contributed by atoms with Gasteiger partial charge in [-0.2, -0.15) is 0 Å². The van der Waals surface area contributed by atoms with E-state index in [1.165, 1.54) is 21.2 Å². The Hall–Kier alpha value is -3.52.